The van der Waals surface area contributed by atoms with Gasteiger partial charge >= 0.3 is 0 Å². The first-order valence-corrected chi connectivity index (χ1v) is 4.52. The van der Waals surface area contributed by atoms with Crippen LogP contribution >= 0.6 is 0 Å². The summed E-state index contributed by atoms with van der Waals surface area (Å²) in [5.41, 5.74) is 3.49. The van der Waals surface area contributed by atoms with Crippen LogP contribution in [0.5, 0.6) is 0 Å². The third kappa shape index (κ3) is 1.43. The maximum Gasteiger partial charge on any atom is 0.0991 e. The van der Waals surface area contributed by atoms with E-state index in [0.717, 1.165) is 18.4 Å². The summed E-state index contributed by atoms with van der Waals surface area (Å²) in [7, 11) is 1.99. The van der Waals surface area contributed by atoms with Gasteiger partial charge in [-0.05, 0) is 43.1 Å². The summed E-state index contributed by atoms with van der Waals surface area (Å²) in [6, 6.07) is 8.71. The van der Waals surface area contributed by atoms with Gasteiger partial charge in [-0.2, -0.15) is 5.26 Å². The van der Waals surface area contributed by atoms with Gasteiger partial charge in [0.05, 0.1) is 11.6 Å². The number of fused-ring (bicyclic) bond motifs is 1. The second kappa shape index (κ2) is 3.20. The van der Waals surface area contributed by atoms with E-state index in [9.17, 15) is 0 Å². The molecule has 66 valence electrons. The number of hydrogen-bond donors (Lipinski definition) is 1. The number of likely N-dealkylation sites (N-methyl/N-ethyl adjacent to an activating group) is 1. The van der Waals surface area contributed by atoms with E-state index in [0.29, 0.717) is 6.04 Å². The molecule has 1 N–H and O–H groups in total. The number of nitrogens with zero attached hydrogens (tertiary/aromatic N) is 1. The average molecular weight is 172 g/mol. The van der Waals surface area contributed by atoms with E-state index >= 15 is 0 Å². The van der Waals surface area contributed by atoms with Crippen molar-refractivity contribution in [3.05, 3.63) is 34.9 Å². The molecule has 2 nitrogen and oxygen atoms in total. The first kappa shape index (κ1) is 8.28. The fraction of sp³-hybridized carbons (Fsp3) is 0.364. The lowest BCUT2D eigenvalue weighted by Crippen LogP contribution is -2.24. The minimum absolute atomic E-state index is 0.559. The van der Waals surface area contributed by atoms with Crippen molar-refractivity contribution in [1.82, 2.24) is 5.32 Å². The van der Waals surface area contributed by atoms with Crippen molar-refractivity contribution in [2.24, 2.45) is 0 Å². The second-order valence-corrected chi connectivity index (χ2v) is 3.49. The Morgan fingerprint density at radius 1 is 1.38 bits per heavy atom. The van der Waals surface area contributed by atoms with Gasteiger partial charge in [0.15, 0.2) is 0 Å². The molecule has 1 aromatic carbocycles. The summed E-state index contributed by atoms with van der Waals surface area (Å²) in [4.78, 5) is 0. The third-order valence-corrected chi connectivity index (χ3v) is 2.68. The van der Waals surface area contributed by atoms with Gasteiger partial charge in [0.1, 0.15) is 0 Å². The fourth-order valence-electron chi connectivity index (χ4n) is 1.89. The Bertz CT molecular complexity index is 363. The van der Waals surface area contributed by atoms with Gasteiger partial charge in [0.2, 0.25) is 0 Å². The van der Waals surface area contributed by atoms with Crippen LogP contribution < -0.4 is 5.32 Å². The molecule has 2 rings (SSSR count). The van der Waals surface area contributed by atoms with Crippen LogP contribution in [0.1, 0.15) is 16.7 Å². The van der Waals surface area contributed by atoms with Crippen LogP contribution in [0.4, 0.5) is 0 Å². The number of rotatable bonds is 1. The predicted octanol–water partition coefficient (Wildman–Crippen LogP) is 1.24. The minimum atomic E-state index is 0.559. The SMILES string of the molecule is CNC1Cc2ccc(C#N)cc2C1. The molecule has 13 heavy (non-hydrogen) atoms. The molecular weight excluding hydrogens is 160 g/mol. The quantitative estimate of drug-likeness (QED) is 0.692. The van der Waals surface area contributed by atoms with Crippen LogP contribution in [0.3, 0.4) is 0 Å². The molecule has 1 atom stereocenters. The van der Waals surface area contributed by atoms with Crippen LogP contribution in [0.2, 0.25) is 0 Å². The lowest BCUT2D eigenvalue weighted by Gasteiger charge is -2.04. The van der Waals surface area contributed by atoms with E-state index in [1.165, 1.54) is 11.1 Å². The Hall–Kier alpha value is -1.33. The van der Waals surface area contributed by atoms with E-state index in [1.54, 1.807) is 0 Å². The predicted molar refractivity (Wildman–Crippen MR) is 51.4 cm³/mol. The summed E-state index contributed by atoms with van der Waals surface area (Å²) in [5.74, 6) is 0. The molecule has 0 saturated heterocycles. The molecule has 1 aliphatic carbocycles. The molecule has 2 heteroatoms. The summed E-state index contributed by atoms with van der Waals surface area (Å²) in [6.07, 6.45) is 2.15. The zero-order valence-electron chi connectivity index (χ0n) is 7.67. The number of nitriles is 1. The maximum atomic E-state index is 8.73. The molecule has 0 heterocycles. The van der Waals surface area contributed by atoms with Crippen molar-refractivity contribution in [2.75, 3.05) is 7.05 Å². The highest BCUT2D eigenvalue weighted by molar-refractivity contribution is 5.41. The molecule has 0 aromatic heterocycles. The van der Waals surface area contributed by atoms with E-state index in [-0.39, 0.29) is 0 Å². The second-order valence-electron chi connectivity index (χ2n) is 3.49. The van der Waals surface area contributed by atoms with Gasteiger partial charge in [-0.1, -0.05) is 6.07 Å². The van der Waals surface area contributed by atoms with E-state index in [2.05, 4.69) is 17.5 Å². The summed E-state index contributed by atoms with van der Waals surface area (Å²) >= 11 is 0. The van der Waals surface area contributed by atoms with E-state index in [4.69, 9.17) is 5.26 Å². The molecule has 1 aliphatic rings. The molecule has 0 amide bonds. The Balaban J connectivity index is 2.32. The Kier molecular flexibility index (Phi) is 2.03. The van der Waals surface area contributed by atoms with Gasteiger partial charge in [0, 0.05) is 6.04 Å². The van der Waals surface area contributed by atoms with Gasteiger partial charge in [0.25, 0.3) is 0 Å². The molecular formula is C11H12N2. The molecule has 0 spiro atoms. The van der Waals surface area contributed by atoms with Crippen LogP contribution in [0.25, 0.3) is 0 Å². The highest BCUT2D eigenvalue weighted by Gasteiger charge is 2.19. The van der Waals surface area contributed by atoms with Crippen molar-refractivity contribution in [1.29, 1.82) is 5.26 Å². The topological polar surface area (TPSA) is 35.8 Å². The lowest BCUT2D eigenvalue weighted by atomic mass is 10.1. The Morgan fingerprint density at radius 2 is 2.15 bits per heavy atom. The van der Waals surface area contributed by atoms with Gasteiger partial charge in [-0.15, -0.1) is 0 Å². The highest BCUT2D eigenvalue weighted by Crippen LogP contribution is 2.22. The van der Waals surface area contributed by atoms with E-state index < -0.39 is 0 Å². The van der Waals surface area contributed by atoms with Crippen LogP contribution in [0, 0.1) is 11.3 Å². The van der Waals surface area contributed by atoms with Gasteiger partial charge < -0.3 is 5.32 Å². The molecule has 0 radical (unpaired) electrons. The van der Waals surface area contributed by atoms with Crippen molar-refractivity contribution >= 4 is 0 Å². The Morgan fingerprint density at radius 3 is 2.85 bits per heavy atom. The number of hydrogen-bond acceptors (Lipinski definition) is 2. The van der Waals surface area contributed by atoms with Crippen LogP contribution in [-0.2, 0) is 12.8 Å². The van der Waals surface area contributed by atoms with Crippen molar-refractivity contribution < 1.29 is 0 Å². The molecule has 1 aromatic rings. The van der Waals surface area contributed by atoms with Crippen LogP contribution in [0.15, 0.2) is 18.2 Å². The zero-order chi connectivity index (χ0) is 9.26. The normalized spacial score (nSPS) is 19.5. The smallest absolute Gasteiger partial charge is 0.0991 e. The van der Waals surface area contributed by atoms with Crippen LogP contribution in [-0.4, -0.2) is 13.1 Å². The van der Waals surface area contributed by atoms with Crippen molar-refractivity contribution in [3.8, 4) is 6.07 Å². The third-order valence-electron chi connectivity index (χ3n) is 2.68. The first-order valence-electron chi connectivity index (χ1n) is 4.52. The highest BCUT2D eigenvalue weighted by atomic mass is 14.9. The summed E-state index contributed by atoms with van der Waals surface area (Å²) in [5, 5.41) is 12.0. The fourth-order valence-corrected chi connectivity index (χ4v) is 1.89. The molecule has 0 fully saturated rings. The molecule has 0 aliphatic heterocycles. The first-order chi connectivity index (χ1) is 6.33. The van der Waals surface area contributed by atoms with Gasteiger partial charge in [-0.25, -0.2) is 0 Å². The minimum Gasteiger partial charge on any atom is -0.316 e. The lowest BCUT2D eigenvalue weighted by molar-refractivity contribution is 0.593. The van der Waals surface area contributed by atoms with Crippen molar-refractivity contribution in [3.63, 3.8) is 0 Å². The van der Waals surface area contributed by atoms with Gasteiger partial charge in [-0.3, -0.25) is 0 Å². The summed E-state index contributed by atoms with van der Waals surface area (Å²) < 4.78 is 0. The van der Waals surface area contributed by atoms with E-state index in [1.807, 2.05) is 19.2 Å². The standard InChI is InChI=1S/C11H12N2/c1-13-11-5-9-3-2-8(7-12)4-10(9)6-11/h2-4,11,13H,5-6H2,1H3. The number of nitrogens with one attached hydrogen (secondary N) is 1. The molecule has 1 unspecified atom stereocenters. The zero-order valence-corrected chi connectivity index (χ0v) is 7.67. The largest absolute Gasteiger partial charge is 0.316 e. The maximum absolute atomic E-state index is 8.73. The number of benzene rings is 1. The molecule has 0 saturated carbocycles. The van der Waals surface area contributed by atoms with Crippen molar-refractivity contribution in [2.45, 2.75) is 18.9 Å². The Labute approximate surface area is 78.2 Å². The molecule has 0 bridgehead atoms. The monoisotopic (exact) mass is 172 g/mol. The summed E-state index contributed by atoms with van der Waals surface area (Å²) in [6.45, 7) is 0. The average Bonchev–Trinajstić information content (AvgIpc) is 2.58.